The Labute approximate surface area is 140 Å². The molecular weight excluding hydrogens is 308 g/mol. The number of likely N-dealkylation sites (tertiary alicyclic amines) is 1. The molecule has 0 aliphatic carbocycles. The summed E-state index contributed by atoms with van der Waals surface area (Å²) in [5.74, 6) is 0. The SMILES string of the molecule is COCC[C@@H]1CCCCN1C(=O)Nc1ccc2occc(=O)c2c1. The normalized spacial score (nSPS) is 17.9. The van der Waals surface area contributed by atoms with E-state index in [1.54, 1.807) is 25.3 Å². The number of fused-ring (bicyclic) bond motifs is 1. The summed E-state index contributed by atoms with van der Waals surface area (Å²) in [5, 5.41) is 3.37. The lowest BCUT2D eigenvalue weighted by Gasteiger charge is -2.35. The summed E-state index contributed by atoms with van der Waals surface area (Å²) in [6.45, 7) is 1.39. The molecule has 0 bridgehead atoms. The second-order valence-electron chi connectivity index (χ2n) is 6.05. The number of amides is 2. The molecule has 0 unspecified atom stereocenters. The molecule has 6 nitrogen and oxygen atoms in total. The van der Waals surface area contributed by atoms with Crippen molar-refractivity contribution in [3.05, 3.63) is 40.8 Å². The van der Waals surface area contributed by atoms with Crippen molar-refractivity contribution in [2.75, 3.05) is 25.6 Å². The number of carbonyl (C=O) groups excluding carboxylic acids is 1. The molecule has 0 radical (unpaired) electrons. The van der Waals surface area contributed by atoms with Gasteiger partial charge >= 0.3 is 6.03 Å². The average Bonchev–Trinajstić information content (AvgIpc) is 2.61. The van der Waals surface area contributed by atoms with E-state index in [9.17, 15) is 9.59 Å². The van der Waals surface area contributed by atoms with Crippen LogP contribution in [-0.2, 0) is 4.74 Å². The standard InChI is InChI=1S/C18H22N2O4/c1-23-10-7-14-4-2-3-9-20(14)18(22)19-13-5-6-17-15(12-13)16(21)8-11-24-17/h5-6,8,11-12,14H,2-4,7,9-10H2,1H3,(H,19,22)/t14-/m0/s1. The molecule has 1 aliphatic heterocycles. The highest BCUT2D eigenvalue weighted by Gasteiger charge is 2.26. The highest BCUT2D eigenvalue weighted by Crippen LogP contribution is 2.22. The van der Waals surface area contributed by atoms with Crippen LogP contribution in [0.25, 0.3) is 11.0 Å². The van der Waals surface area contributed by atoms with Crippen LogP contribution in [-0.4, -0.2) is 37.2 Å². The zero-order valence-corrected chi connectivity index (χ0v) is 13.8. The summed E-state index contributed by atoms with van der Waals surface area (Å²) in [6, 6.07) is 6.55. The second-order valence-corrected chi connectivity index (χ2v) is 6.05. The van der Waals surface area contributed by atoms with E-state index < -0.39 is 0 Å². The summed E-state index contributed by atoms with van der Waals surface area (Å²) in [6.07, 6.45) is 5.35. The van der Waals surface area contributed by atoms with Gasteiger partial charge in [-0.05, 0) is 43.9 Å². The minimum absolute atomic E-state index is 0.122. The molecular formula is C18H22N2O4. The minimum Gasteiger partial charge on any atom is -0.464 e. The Morgan fingerprint density at radius 2 is 2.25 bits per heavy atom. The third-order valence-electron chi connectivity index (χ3n) is 4.45. The number of benzene rings is 1. The topological polar surface area (TPSA) is 71.8 Å². The maximum atomic E-state index is 12.6. The van der Waals surface area contributed by atoms with Gasteiger partial charge in [0, 0.05) is 38.1 Å². The van der Waals surface area contributed by atoms with Crippen LogP contribution in [0.2, 0.25) is 0 Å². The predicted octanol–water partition coefficient (Wildman–Crippen LogP) is 3.22. The Morgan fingerprint density at radius 1 is 1.38 bits per heavy atom. The van der Waals surface area contributed by atoms with Gasteiger partial charge in [-0.1, -0.05) is 0 Å². The molecule has 2 amide bonds. The number of carbonyl (C=O) groups is 1. The van der Waals surface area contributed by atoms with E-state index in [1.807, 2.05) is 4.90 Å². The number of nitrogens with one attached hydrogen (secondary N) is 1. The zero-order valence-electron chi connectivity index (χ0n) is 13.8. The van der Waals surface area contributed by atoms with Gasteiger partial charge in [-0.3, -0.25) is 4.79 Å². The van der Waals surface area contributed by atoms with Crippen LogP contribution in [0.4, 0.5) is 10.5 Å². The van der Waals surface area contributed by atoms with Gasteiger partial charge in [0.05, 0.1) is 11.6 Å². The molecule has 1 N–H and O–H groups in total. The van der Waals surface area contributed by atoms with E-state index in [1.165, 1.54) is 12.3 Å². The van der Waals surface area contributed by atoms with E-state index in [0.29, 0.717) is 23.3 Å². The van der Waals surface area contributed by atoms with Gasteiger partial charge in [-0.2, -0.15) is 0 Å². The number of piperidine rings is 1. The number of hydrogen-bond donors (Lipinski definition) is 1. The summed E-state index contributed by atoms with van der Waals surface area (Å²) < 4.78 is 10.4. The Morgan fingerprint density at radius 3 is 3.08 bits per heavy atom. The molecule has 2 aromatic rings. The van der Waals surface area contributed by atoms with Crippen LogP contribution < -0.4 is 10.7 Å². The molecule has 1 aromatic heterocycles. The number of ether oxygens (including phenoxy) is 1. The maximum absolute atomic E-state index is 12.6. The summed E-state index contributed by atoms with van der Waals surface area (Å²) >= 11 is 0. The first kappa shape index (κ1) is 16.5. The smallest absolute Gasteiger partial charge is 0.322 e. The molecule has 1 aromatic carbocycles. The van der Waals surface area contributed by atoms with E-state index in [-0.39, 0.29) is 17.5 Å². The van der Waals surface area contributed by atoms with Gasteiger partial charge in [-0.15, -0.1) is 0 Å². The van der Waals surface area contributed by atoms with Gasteiger partial charge in [0.15, 0.2) is 5.43 Å². The van der Waals surface area contributed by atoms with Crippen molar-refractivity contribution in [1.82, 2.24) is 4.90 Å². The van der Waals surface area contributed by atoms with E-state index >= 15 is 0 Å². The molecule has 1 aliphatic rings. The van der Waals surface area contributed by atoms with Crippen molar-refractivity contribution >= 4 is 22.7 Å². The fourth-order valence-electron chi connectivity index (χ4n) is 3.18. The van der Waals surface area contributed by atoms with Crippen LogP contribution in [0, 0.1) is 0 Å². The molecule has 0 spiro atoms. The van der Waals surface area contributed by atoms with Crippen LogP contribution in [0.1, 0.15) is 25.7 Å². The number of rotatable bonds is 4. The molecule has 0 saturated carbocycles. The zero-order chi connectivity index (χ0) is 16.9. The molecule has 6 heteroatoms. The molecule has 128 valence electrons. The maximum Gasteiger partial charge on any atom is 0.322 e. The van der Waals surface area contributed by atoms with Crippen LogP contribution >= 0.6 is 0 Å². The molecule has 1 saturated heterocycles. The number of nitrogens with zero attached hydrogens (tertiary/aromatic N) is 1. The van der Waals surface area contributed by atoms with Gasteiger partial charge in [-0.25, -0.2) is 4.79 Å². The first-order valence-corrected chi connectivity index (χ1v) is 8.27. The van der Waals surface area contributed by atoms with Gasteiger partial charge in [0.25, 0.3) is 0 Å². The van der Waals surface area contributed by atoms with Crippen LogP contribution in [0.15, 0.2) is 39.7 Å². The van der Waals surface area contributed by atoms with E-state index in [2.05, 4.69) is 5.32 Å². The van der Waals surface area contributed by atoms with E-state index in [4.69, 9.17) is 9.15 Å². The van der Waals surface area contributed by atoms with E-state index in [0.717, 1.165) is 32.2 Å². The highest BCUT2D eigenvalue weighted by molar-refractivity contribution is 5.92. The Bertz CT molecular complexity index is 771. The Hall–Kier alpha value is -2.34. The molecule has 1 atom stereocenters. The van der Waals surface area contributed by atoms with Crippen molar-refractivity contribution in [3.63, 3.8) is 0 Å². The van der Waals surface area contributed by atoms with Crippen LogP contribution in [0.5, 0.6) is 0 Å². The summed E-state index contributed by atoms with van der Waals surface area (Å²) in [4.78, 5) is 26.4. The number of anilines is 1. The van der Waals surface area contributed by atoms with Crippen molar-refractivity contribution in [2.45, 2.75) is 31.7 Å². The number of methoxy groups -OCH3 is 1. The number of urea groups is 1. The number of hydrogen-bond acceptors (Lipinski definition) is 4. The minimum atomic E-state index is -0.129. The lowest BCUT2D eigenvalue weighted by molar-refractivity contribution is 0.123. The molecule has 1 fully saturated rings. The van der Waals surface area contributed by atoms with Gasteiger partial charge < -0.3 is 19.4 Å². The van der Waals surface area contributed by atoms with Crippen molar-refractivity contribution < 1.29 is 13.9 Å². The van der Waals surface area contributed by atoms with Gasteiger partial charge in [0.1, 0.15) is 5.58 Å². The van der Waals surface area contributed by atoms with Crippen molar-refractivity contribution in [1.29, 1.82) is 0 Å². The second kappa shape index (κ2) is 7.49. The molecule has 24 heavy (non-hydrogen) atoms. The third kappa shape index (κ3) is 3.59. The quantitative estimate of drug-likeness (QED) is 0.934. The fraction of sp³-hybridized carbons (Fsp3) is 0.444. The highest BCUT2D eigenvalue weighted by atomic mass is 16.5. The first-order chi connectivity index (χ1) is 11.7. The van der Waals surface area contributed by atoms with Crippen LogP contribution in [0.3, 0.4) is 0 Å². The van der Waals surface area contributed by atoms with Gasteiger partial charge in [0.2, 0.25) is 0 Å². The third-order valence-corrected chi connectivity index (χ3v) is 4.45. The lowest BCUT2D eigenvalue weighted by Crippen LogP contribution is -2.46. The summed E-state index contributed by atoms with van der Waals surface area (Å²) in [7, 11) is 1.67. The molecule has 2 heterocycles. The average molecular weight is 330 g/mol. The lowest BCUT2D eigenvalue weighted by atomic mass is 10.00. The first-order valence-electron chi connectivity index (χ1n) is 8.27. The monoisotopic (exact) mass is 330 g/mol. The predicted molar refractivity (Wildman–Crippen MR) is 92.3 cm³/mol. The largest absolute Gasteiger partial charge is 0.464 e. The van der Waals surface area contributed by atoms with Crippen molar-refractivity contribution in [3.8, 4) is 0 Å². The van der Waals surface area contributed by atoms with Crippen molar-refractivity contribution in [2.24, 2.45) is 0 Å². The summed E-state index contributed by atoms with van der Waals surface area (Å²) in [5.41, 5.74) is 0.988. The Kier molecular flexibility index (Phi) is 5.15. The Balaban J connectivity index is 1.75. The fourth-order valence-corrected chi connectivity index (χ4v) is 3.18. The molecule has 3 rings (SSSR count).